The third-order valence-corrected chi connectivity index (χ3v) is 7.08. The largest absolute Gasteiger partial charge is 0.493 e. The number of alkyl halides is 1. The van der Waals surface area contributed by atoms with Crippen molar-refractivity contribution in [1.82, 2.24) is 9.80 Å². The van der Waals surface area contributed by atoms with E-state index in [9.17, 15) is 0 Å². The van der Waals surface area contributed by atoms with Crippen LogP contribution in [-0.2, 0) is 19.0 Å². The molecule has 0 amide bonds. The molecular formula is C31H41ClN2O6. The van der Waals surface area contributed by atoms with Crippen molar-refractivity contribution in [2.75, 3.05) is 68.8 Å². The molecule has 0 unspecified atom stereocenters. The summed E-state index contributed by atoms with van der Waals surface area (Å²) in [5, 5.41) is 0. The van der Waals surface area contributed by atoms with E-state index in [0.717, 1.165) is 79.3 Å². The molecule has 3 aromatic rings. The Labute approximate surface area is 243 Å². The lowest BCUT2D eigenvalue weighted by Crippen LogP contribution is -2.45. The van der Waals surface area contributed by atoms with Gasteiger partial charge < -0.3 is 28.4 Å². The highest BCUT2D eigenvalue weighted by Gasteiger charge is 2.18. The second kappa shape index (κ2) is 16.1. The monoisotopic (exact) mass is 572 g/mol. The van der Waals surface area contributed by atoms with Crippen LogP contribution in [0, 0.1) is 0 Å². The van der Waals surface area contributed by atoms with Gasteiger partial charge in [-0.3, -0.25) is 9.80 Å². The van der Waals surface area contributed by atoms with Crippen molar-refractivity contribution in [1.29, 1.82) is 0 Å². The zero-order chi connectivity index (χ0) is 28.9. The molecule has 0 atom stereocenters. The smallest absolute Gasteiger partial charge is 0.161 e. The van der Waals surface area contributed by atoms with Gasteiger partial charge in [-0.1, -0.05) is 18.2 Å². The van der Waals surface area contributed by atoms with Crippen LogP contribution in [0.25, 0.3) is 0 Å². The van der Waals surface area contributed by atoms with Crippen LogP contribution in [0.2, 0.25) is 0 Å². The molecule has 8 nitrogen and oxygen atoms in total. The number of halogens is 1. The van der Waals surface area contributed by atoms with Crippen molar-refractivity contribution >= 4 is 11.6 Å². The number of ether oxygens (including phenoxy) is 6. The third-order valence-electron chi connectivity index (χ3n) is 6.78. The summed E-state index contributed by atoms with van der Waals surface area (Å²) in [5.41, 5.74) is 3.51. The lowest BCUT2D eigenvalue weighted by atomic mass is 10.1. The van der Waals surface area contributed by atoms with Gasteiger partial charge in [0.2, 0.25) is 0 Å². The van der Waals surface area contributed by atoms with Crippen molar-refractivity contribution in [2.45, 2.75) is 19.0 Å². The van der Waals surface area contributed by atoms with E-state index in [1.54, 1.807) is 42.7 Å². The Bertz CT molecular complexity index is 1130. The fourth-order valence-electron chi connectivity index (χ4n) is 4.54. The number of piperazine rings is 1. The van der Waals surface area contributed by atoms with Crippen LogP contribution in [-0.4, -0.2) is 78.6 Å². The highest BCUT2D eigenvalue weighted by atomic mass is 35.5. The van der Waals surface area contributed by atoms with Crippen molar-refractivity contribution in [3.05, 3.63) is 71.3 Å². The second-order valence-electron chi connectivity index (χ2n) is 9.25. The first-order valence-corrected chi connectivity index (χ1v) is 13.6. The summed E-state index contributed by atoms with van der Waals surface area (Å²) < 4.78 is 31.6. The molecule has 1 heterocycles. The standard InChI is InChI=1S/C22H30N2O4.C9H11ClO2/c1-25-19-7-5-17(13-21(19)27-3)15-23-9-11-24(12-10-23)16-18-6-8-20(26-2)22(14-18)28-4;1-11-8-4-3-7(6-10)5-9(8)12-2/h5-8,13-14H,9-12,15-16H2,1-4H3;3-5H,6H2,1-2H3. The number of nitrogens with zero attached hydrogens (tertiary/aromatic N) is 2. The Kier molecular flexibility index (Phi) is 12.5. The van der Waals surface area contributed by atoms with Crippen LogP contribution in [0.3, 0.4) is 0 Å². The molecule has 1 saturated heterocycles. The van der Waals surface area contributed by atoms with Gasteiger partial charge in [0, 0.05) is 45.1 Å². The van der Waals surface area contributed by atoms with Gasteiger partial charge in [0.15, 0.2) is 34.5 Å². The van der Waals surface area contributed by atoms with E-state index in [4.69, 9.17) is 40.0 Å². The maximum atomic E-state index is 5.66. The number of rotatable bonds is 11. The maximum absolute atomic E-state index is 5.66. The highest BCUT2D eigenvalue weighted by molar-refractivity contribution is 6.17. The number of hydrogen-bond donors (Lipinski definition) is 0. The Morgan fingerprint density at radius 2 is 0.775 bits per heavy atom. The molecule has 0 N–H and O–H groups in total. The average Bonchev–Trinajstić information content (AvgIpc) is 3.01. The van der Waals surface area contributed by atoms with Gasteiger partial charge in [0.1, 0.15) is 0 Å². The van der Waals surface area contributed by atoms with Gasteiger partial charge in [-0.2, -0.15) is 0 Å². The van der Waals surface area contributed by atoms with Gasteiger partial charge in [0.25, 0.3) is 0 Å². The molecule has 0 aliphatic carbocycles. The van der Waals surface area contributed by atoms with Crippen LogP contribution >= 0.6 is 11.6 Å². The first kappa shape index (κ1) is 31.2. The maximum Gasteiger partial charge on any atom is 0.161 e. The van der Waals surface area contributed by atoms with Crippen LogP contribution in [0.4, 0.5) is 0 Å². The molecule has 0 radical (unpaired) electrons. The molecule has 1 aliphatic heterocycles. The van der Waals surface area contributed by atoms with Gasteiger partial charge in [-0.15, -0.1) is 11.6 Å². The van der Waals surface area contributed by atoms with Gasteiger partial charge in [0.05, 0.1) is 42.7 Å². The molecule has 4 rings (SSSR count). The van der Waals surface area contributed by atoms with Gasteiger partial charge >= 0.3 is 0 Å². The van der Waals surface area contributed by atoms with Crippen molar-refractivity contribution in [3.8, 4) is 34.5 Å². The van der Waals surface area contributed by atoms with E-state index in [1.807, 2.05) is 30.3 Å². The van der Waals surface area contributed by atoms with Crippen LogP contribution in [0.15, 0.2) is 54.6 Å². The topological polar surface area (TPSA) is 61.9 Å². The average molecular weight is 573 g/mol. The second-order valence-corrected chi connectivity index (χ2v) is 9.52. The summed E-state index contributed by atoms with van der Waals surface area (Å²) in [6.45, 7) is 6.02. The first-order chi connectivity index (χ1) is 19.5. The zero-order valence-corrected chi connectivity index (χ0v) is 25.1. The lowest BCUT2D eigenvalue weighted by molar-refractivity contribution is 0.122. The van der Waals surface area contributed by atoms with Gasteiger partial charge in [-0.25, -0.2) is 0 Å². The summed E-state index contributed by atoms with van der Waals surface area (Å²) >= 11 is 5.66. The van der Waals surface area contributed by atoms with Crippen LogP contribution < -0.4 is 28.4 Å². The summed E-state index contributed by atoms with van der Waals surface area (Å²) in [7, 11) is 9.89. The Morgan fingerprint density at radius 3 is 1.07 bits per heavy atom. The van der Waals surface area contributed by atoms with E-state index < -0.39 is 0 Å². The van der Waals surface area contributed by atoms with E-state index in [2.05, 4.69) is 34.1 Å². The fourth-order valence-corrected chi connectivity index (χ4v) is 4.71. The molecule has 3 aromatic carbocycles. The summed E-state index contributed by atoms with van der Waals surface area (Å²) in [4.78, 5) is 4.96. The quantitative estimate of drug-likeness (QED) is 0.280. The minimum atomic E-state index is 0.486. The van der Waals surface area contributed by atoms with Crippen LogP contribution in [0.5, 0.6) is 34.5 Å². The number of methoxy groups -OCH3 is 6. The molecule has 0 spiro atoms. The van der Waals surface area contributed by atoms with Crippen molar-refractivity contribution < 1.29 is 28.4 Å². The predicted molar refractivity (Wildman–Crippen MR) is 159 cm³/mol. The van der Waals surface area contributed by atoms with E-state index in [0.29, 0.717) is 5.88 Å². The minimum Gasteiger partial charge on any atom is -0.493 e. The summed E-state index contributed by atoms with van der Waals surface area (Å²) in [6.07, 6.45) is 0. The van der Waals surface area contributed by atoms with Crippen molar-refractivity contribution in [2.24, 2.45) is 0 Å². The summed E-state index contributed by atoms with van der Waals surface area (Å²) in [6, 6.07) is 17.9. The third kappa shape index (κ3) is 8.58. The fraction of sp³-hybridized carbons (Fsp3) is 0.419. The van der Waals surface area contributed by atoms with E-state index in [1.165, 1.54) is 11.1 Å². The molecule has 0 bridgehead atoms. The lowest BCUT2D eigenvalue weighted by Gasteiger charge is -2.34. The SMILES string of the molecule is COc1ccc(CCl)cc1OC.COc1ccc(CN2CCN(Cc3ccc(OC)c(OC)c3)CC2)cc1OC. The summed E-state index contributed by atoms with van der Waals surface area (Å²) in [5.74, 6) is 5.04. The first-order valence-electron chi connectivity index (χ1n) is 13.1. The predicted octanol–water partition coefficient (Wildman–Crippen LogP) is 5.48. The molecule has 9 heteroatoms. The molecule has 0 aromatic heterocycles. The Morgan fingerprint density at radius 1 is 0.475 bits per heavy atom. The molecule has 1 aliphatic rings. The van der Waals surface area contributed by atoms with E-state index >= 15 is 0 Å². The molecule has 218 valence electrons. The molecule has 1 fully saturated rings. The zero-order valence-electron chi connectivity index (χ0n) is 24.4. The normalized spacial score (nSPS) is 13.6. The Hall–Kier alpha value is -3.33. The number of benzene rings is 3. The van der Waals surface area contributed by atoms with Crippen LogP contribution in [0.1, 0.15) is 16.7 Å². The molecule has 40 heavy (non-hydrogen) atoms. The van der Waals surface area contributed by atoms with Gasteiger partial charge in [-0.05, 0) is 53.1 Å². The molecular weight excluding hydrogens is 532 g/mol. The molecule has 0 saturated carbocycles. The minimum absolute atomic E-state index is 0.486. The van der Waals surface area contributed by atoms with E-state index in [-0.39, 0.29) is 0 Å². The Balaban J connectivity index is 0.000000307. The highest BCUT2D eigenvalue weighted by Crippen LogP contribution is 2.30. The number of hydrogen-bond acceptors (Lipinski definition) is 8. The van der Waals surface area contributed by atoms with Crippen molar-refractivity contribution in [3.63, 3.8) is 0 Å².